The molecule has 1 unspecified atom stereocenters. The molecule has 2 aliphatic rings. The molecule has 4 heterocycles. The van der Waals surface area contributed by atoms with Crippen molar-refractivity contribution in [3.05, 3.63) is 158 Å². The minimum atomic E-state index is 0.0377. The van der Waals surface area contributed by atoms with Gasteiger partial charge in [0.1, 0.15) is 11.6 Å². The molecular weight excluding hydrogens is 548 g/mol. The molecule has 0 fully saturated rings. The smallest absolute Gasteiger partial charge is 0.235 e. The Labute approximate surface area is 259 Å². The molecule has 210 valence electrons. The quantitative estimate of drug-likeness (QED) is 0.193. The van der Waals surface area contributed by atoms with Gasteiger partial charge in [0.05, 0.1) is 16.6 Å². The molecule has 1 aliphatic carbocycles. The maximum absolute atomic E-state index is 4.32. The van der Waals surface area contributed by atoms with Gasteiger partial charge in [0.2, 0.25) is 17.1 Å². The van der Waals surface area contributed by atoms with Crippen molar-refractivity contribution in [3.63, 3.8) is 0 Å². The summed E-state index contributed by atoms with van der Waals surface area (Å²) >= 11 is 0. The number of hydrogen-bond acceptors (Lipinski definition) is 1. The molecule has 0 spiro atoms. The van der Waals surface area contributed by atoms with Crippen LogP contribution in [0.5, 0.6) is 0 Å². The monoisotopic (exact) mass is 575 g/mol. The van der Waals surface area contributed by atoms with Crippen LogP contribution in [0.1, 0.15) is 6.04 Å². The van der Waals surface area contributed by atoms with Gasteiger partial charge in [0, 0.05) is 63.9 Å². The Hall–Kier alpha value is -6.00. The van der Waals surface area contributed by atoms with Crippen LogP contribution in [0, 0.1) is 0 Å². The summed E-state index contributed by atoms with van der Waals surface area (Å²) in [6, 6.07) is 44.0. The molecule has 4 heteroatoms. The fourth-order valence-electron chi connectivity index (χ4n) is 7.63. The molecule has 0 saturated carbocycles. The zero-order valence-electron chi connectivity index (χ0n) is 24.4. The second-order valence-electron chi connectivity index (χ2n) is 11.8. The number of nitrogens with zero attached hydrogens (tertiary/aromatic N) is 4. The van der Waals surface area contributed by atoms with Gasteiger partial charge in [0.25, 0.3) is 0 Å². The molecule has 45 heavy (non-hydrogen) atoms. The number of allylic oxidation sites excluding steroid dienone is 4. The summed E-state index contributed by atoms with van der Waals surface area (Å²) in [5, 5.41) is 5.09. The first-order valence-electron chi connectivity index (χ1n) is 15.4. The van der Waals surface area contributed by atoms with Crippen molar-refractivity contribution in [1.82, 2.24) is 18.7 Å². The number of hydrogen-bond donors (Lipinski definition) is 0. The van der Waals surface area contributed by atoms with Gasteiger partial charge in [-0.05, 0) is 47.5 Å². The van der Waals surface area contributed by atoms with E-state index >= 15 is 0 Å². The maximum Gasteiger partial charge on any atom is 0.235 e. The van der Waals surface area contributed by atoms with Crippen molar-refractivity contribution in [2.45, 2.75) is 6.04 Å². The van der Waals surface area contributed by atoms with Crippen LogP contribution in [-0.2, 0) is 0 Å². The lowest BCUT2D eigenvalue weighted by Crippen LogP contribution is -2.30. The average Bonchev–Trinajstić information content (AvgIpc) is 3.64. The molecule has 5 aromatic carbocycles. The SMILES string of the molecule is C1=CC2=[N+](c3ccc(-c4cccnc4)cc3)c3cccc4c5ccc6c7ccccc7n(-c7ccccc7)c6c5n(c34)C2C=C1. The lowest BCUT2D eigenvalue weighted by atomic mass is 10.0. The van der Waals surface area contributed by atoms with Gasteiger partial charge in [-0.3, -0.25) is 4.98 Å². The number of rotatable bonds is 3. The van der Waals surface area contributed by atoms with Crippen LogP contribution in [0.25, 0.3) is 60.4 Å². The van der Waals surface area contributed by atoms with Crippen LogP contribution >= 0.6 is 0 Å². The Balaban J connectivity index is 1.31. The minimum absolute atomic E-state index is 0.0377. The third-order valence-electron chi connectivity index (χ3n) is 9.48. The number of fused-ring (bicyclic) bond motifs is 9. The van der Waals surface area contributed by atoms with E-state index in [4.69, 9.17) is 0 Å². The summed E-state index contributed by atoms with van der Waals surface area (Å²) in [6.07, 6.45) is 12.7. The highest BCUT2D eigenvalue weighted by Gasteiger charge is 2.38. The number of aromatic nitrogens is 3. The van der Waals surface area contributed by atoms with Crippen molar-refractivity contribution in [3.8, 4) is 16.8 Å². The number of pyridine rings is 1. The molecule has 1 aliphatic heterocycles. The predicted molar refractivity (Wildman–Crippen MR) is 187 cm³/mol. The van der Waals surface area contributed by atoms with Crippen molar-refractivity contribution in [2.75, 3.05) is 0 Å². The maximum atomic E-state index is 4.32. The first kappa shape index (κ1) is 24.4. The first-order chi connectivity index (χ1) is 22.4. The lowest BCUT2D eigenvalue weighted by molar-refractivity contribution is 0.782. The summed E-state index contributed by atoms with van der Waals surface area (Å²) in [5.74, 6) is 0. The van der Waals surface area contributed by atoms with E-state index in [1.807, 2.05) is 18.5 Å². The van der Waals surface area contributed by atoms with Crippen molar-refractivity contribution in [2.24, 2.45) is 0 Å². The molecule has 10 rings (SSSR count). The van der Waals surface area contributed by atoms with Gasteiger partial charge >= 0.3 is 0 Å². The number of para-hydroxylation sites is 3. The standard InChI is InChI=1S/C41H27N4/c1-2-11-29(12-3-1)44-35-15-5-4-13-31(35)33-23-24-34-32-14-8-18-38-39(32)45(41(34)40(33)44)37-17-7-6-16-36(37)43(38)30-21-19-27(20-22-30)28-10-9-25-42-26-28/h1-26,37H/q+1. The van der Waals surface area contributed by atoms with Crippen LogP contribution < -0.4 is 4.58 Å². The van der Waals surface area contributed by atoms with E-state index < -0.39 is 0 Å². The Kier molecular flexibility index (Phi) is 5.02. The summed E-state index contributed by atoms with van der Waals surface area (Å²) in [4.78, 5) is 4.32. The lowest BCUT2D eigenvalue weighted by Gasteiger charge is -2.25. The second-order valence-corrected chi connectivity index (χ2v) is 11.8. The van der Waals surface area contributed by atoms with Crippen LogP contribution in [0.3, 0.4) is 0 Å². The topological polar surface area (TPSA) is 25.8 Å². The predicted octanol–water partition coefficient (Wildman–Crippen LogP) is 9.91. The van der Waals surface area contributed by atoms with E-state index in [1.54, 1.807) is 0 Å². The van der Waals surface area contributed by atoms with Crippen LogP contribution in [0.2, 0.25) is 0 Å². The summed E-state index contributed by atoms with van der Waals surface area (Å²) < 4.78 is 7.50. The van der Waals surface area contributed by atoms with E-state index in [9.17, 15) is 0 Å². The van der Waals surface area contributed by atoms with Crippen LogP contribution in [0.4, 0.5) is 11.4 Å². The molecule has 0 N–H and O–H groups in total. The number of benzene rings is 5. The molecule has 0 amide bonds. The second kappa shape index (κ2) is 9.25. The van der Waals surface area contributed by atoms with Crippen molar-refractivity contribution in [1.29, 1.82) is 0 Å². The molecule has 0 radical (unpaired) electrons. The average molecular weight is 576 g/mol. The highest BCUT2D eigenvalue weighted by Crippen LogP contribution is 2.47. The minimum Gasteiger partial charge on any atom is -0.316 e. The zero-order valence-corrected chi connectivity index (χ0v) is 24.4. The van der Waals surface area contributed by atoms with E-state index in [-0.39, 0.29) is 6.04 Å². The molecule has 0 bridgehead atoms. The largest absolute Gasteiger partial charge is 0.316 e. The zero-order chi connectivity index (χ0) is 29.5. The molecule has 3 aromatic heterocycles. The third kappa shape index (κ3) is 3.36. The summed E-state index contributed by atoms with van der Waals surface area (Å²) in [6.45, 7) is 0. The van der Waals surface area contributed by atoms with Gasteiger partial charge in [-0.25, -0.2) is 0 Å². The fourth-order valence-corrected chi connectivity index (χ4v) is 7.63. The van der Waals surface area contributed by atoms with E-state index in [2.05, 4.69) is 158 Å². The third-order valence-corrected chi connectivity index (χ3v) is 9.48. The Morgan fingerprint density at radius 3 is 2.20 bits per heavy atom. The highest BCUT2D eigenvalue weighted by atomic mass is 15.2. The van der Waals surface area contributed by atoms with Gasteiger partial charge in [-0.2, -0.15) is 4.58 Å². The van der Waals surface area contributed by atoms with Crippen molar-refractivity contribution < 1.29 is 0 Å². The molecule has 8 aromatic rings. The van der Waals surface area contributed by atoms with Crippen LogP contribution in [0.15, 0.2) is 158 Å². The Morgan fingerprint density at radius 2 is 1.36 bits per heavy atom. The van der Waals surface area contributed by atoms with E-state index in [1.165, 1.54) is 60.7 Å². The van der Waals surface area contributed by atoms with E-state index in [0.717, 1.165) is 16.8 Å². The summed E-state index contributed by atoms with van der Waals surface area (Å²) in [5.41, 5.74) is 12.0. The summed E-state index contributed by atoms with van der Waals surface area (Å²) in [7, 11) is 0. The van der Waals surface area contributed by atoms with Gasteiger partial charge in [0.15, 0.2) is 0 Å². The van der Waals surface area contributed by atoms with Gasteiger partial charge in [-0.15, -0.1) is 0 Å². The fraction of sp³-hybridized carbons (Fsp3) is 0.0244. The first-order valence-corrected chi connectivity index (χ1v) is 15.4. The normalized spacial score (nSPS) is 15.5. The molecule has 4 nitrogen and oxygen atoms in total. The molecule has 1 atom stereocenters. The Morgan fingerprint density at radius 1 is 0.578 bits per heavy atom. The van der Waals surface area contributed by atoms with Gasteiger partial charge < -0.3 is 9.13 Å². The highest BCUT2D eigenvalue weighted by molar-refractivity contribution is 6.26. The van der Waals surface area contributed by atoms with E-state index in [0.29, 0.717) is 0 Å². The van der Waals surface area contributed by atoms with Crippen LogP contribution in [-0.4, -0.2) is 19.8 Å². The van der Waals surface area contributed by atoms with Crippen molar-refractivity contribution >= 4 is 60.7 Å². The molecular formula is C41H27N4+. The van der Waals surface area contributed by atoms with Gasteiger partial charge in [-0.1, -0.05) is 85.0 Å². The molecule has 0 saturated heterocycles. The Bertz CT molecular complexity index is 2560.